The zero-order chi connectivity index (χ0) is 18.5. The maximum absolute atomic E-state index is 12.0. The number of nitrogens with zero attached hydrogens (tertiary/aromatic N) is 2. The van der Waals surface area contributed by atoms with Crippen molar-refractivity contribution in [2.45, 2.75) is 58.8 Å². The van der Waals surface area contributed by atoms with Crippen LogP contribution in [0.1, 0.15) is 40.2 Å². The molecular formula is C18H29ClN2O2Si. The quantitative estimate of drug-likeness (QED) is 0.264. The zero-order valence-corrected chi connectivity index (χ0v) is 17.5. The summed E-state index contributed by atoms with van der Waals surface area (Å²) in [7, 11) is -1.82. The van der Waals surface area contributed by atoms with E-state index in [0.717, 1.165) is 11.1 Å². The number of halogens is 1. The first-order valence-corrected chi connectivity index (χ1v) is 11.5. The van der Waals surface area contributed by atoms with E-state index in [0.29, 0.717) is 16.5 Å². The fourth-order valence-corrected chi connectivity index (χ4v) is 2.98. The molecule has 0 saturated heterocycles. The Hall–Kier alpha value is -1.17. The predicted octanol–water partition coefficient (Wildman–Crippen LogP) is 6.07. The second kappa shape index (κ2) is 8.27. The third kappa shape index (κ3) is 6.38. The van der Waals surface area contributed by atoms with Gasteiger partial charge in [-0.05, 0) is 54.8 Å². The molecule has 0 radical (unpaired) electrons. The molecule has 24 heavy (non-hydrogen) atoms. The largest absolute Gasteiger partial charge is 0.595 e. The van der Waals surface area contributed by atoms with Crippen LogP contribution >= 0.6 is 11.6 Å². The van der Waals surface area contributed by atoms with Gasteiger partial charge in [-0.2, -0.15) is 0 Å². The smallest absolute Gasteiger partial charge is 0.212 e. The van der Waals surface area contributed by atoms with Gasteiger partial charge in [-0.1, -0.05) is 49.4 Å². The van der Waals surface area contributed by atoms with Crippen LogP contribution in [0.5, 0.6) is 0 Å². The molecule has 0 amide bonds. The van der Waals surface area contributed by atoms with Crippen LogP contribution in [-0.4, -0.2) is 25.8 Å². The first-order chi connectivity index (χ1) is 10.9. The Morgan fingerprint density at radius 1 is 1.33 bits per heavy atom. The number of hydrogen-bond acceptors (Lipinski definition) is 3. The van der Waals surface area contributed by atoms with E-state index in [1.54, 1.807) is 12.1 Å². The topological polar surface area (TPSA) is 47.7 Å². The van der Waals surface area contributed by atoms with Crippen molar-refractivity contribution in [2.75, 3.05) is 6.61 Å². The van der Waals surface area contributed by atoms with Gasteiger partial charge in [-0.15, -0.1) is 0 Å². The van der Waals surface area contributed by atoms with Crippen LogP contribution < -0.4 is 0 Å². The Morgan fingerprint density at radius 2 is 1.88 bits per heavy atom. The molecule has 1 aromatic carbocycles. The van der Waals surface area contributed by atoms with Gasteiger partial charge < -0.3 is 9.63 Å². The summed E-state index contributed by atoms with van der Waals surface area (Å²) < 4.78 is 6.10. The summed E-state index contributed by atoms with van der Waals surface area (Å²) in [5.41, 5.74) is 1.78. The third-order valence-corrected chi connectivity index (χ3v) is 9.16. The van der Waals surface area contributed by atoms with Crippen LogP contribution in [0.25, 0.3) is 5.57 Å². The molecule has 0 saturated carbocycles. The van der Waals surface area contributed by atoms with Gasteiger partial charge in [0.05, 0.1) is 6.61 Å². The molecule has 0 bridgehead atoms. The van der Waals surface area contributed by atoms with Crippen molar-refractivity contribution in [1.29, 1.82) is 0 Å². The number of azo groups is 1. The third-order valence-electron chi connectivity index (χ3n) is 4.41. The fourth-order valence-electron chi connectivity index (χ4n) is 1.76. The molecule has 0 aliphatic carbocycles. The molecule has 0 heterocycles. The average Bonchev–Trinajstić information content (AvgIpc) is 2.44. The van der Waals surface area contributed by atoms with E-state index in [1.807, 2.05) is 26.0 Å². The van der Waals surface area contributed by atoms with Crippen molar-refractivity contribution in [1.82, 2.24) is 0 Å². The van der Waals surface area contributed by atoms with Gasteiger partial charge in [0.15, 0.2) is 8.32 Å². The molecule has 1 rings (SSSR count). The summed E-state index contributed by atoms with van der Waals surface area (Å²) >= 11 is 5.87. The highest BCUT2D eigenvalue weighted by atomic mass is 35.5. The fraction of sp³-hybridized carbons (Fsp3) is 0.556. The molecule has 0 spiro atoms. The first kappa shape index (κ1) is 20.9. The van der Waals surface area contributed by atoms with Gasteiger partial charge in [-0.25, -0.2) is 0 Å². The predicted molar refractivity (Wildman–Crippen MR) is 104 cm³/mol. The maximum atomic E-state index is 12.0. The molecule has 4 nitrogen and oxygen atoms in total. The highest BCUT2D eigenvalue weighted by molar-refractivity contribution is 6.74. The molecule has 1 aromatic rings. The highest BCUT2D eigenvalue weighted by Gasteiger charge is 2.37. The Bertz CT molecular complexity index is 604. The van der Waals surface area contributed by atoms with Crippen LogP contribution in [0.2, 0.25) is 23.2 Å². The molecule has 0 N–H and O–H groups in total. The van der Waals surface area contributed by atoms with E-state index in [-0.39, 0.29) is 11.1 Å². The van der Waals surface area contributed by atoms with Gasteiger partial charge >= 0.3 is 0 Å². The second-order valence-electron chi connectivity index (χ2n) is 7.66. The van der Waals surface area contributed by atoms with E-state index < -0.39 is 8.32 Å². The molecular weight excluding hydrogens is 340 g/mol. The molecule has 1 atom stereocenters. The molecule has 6 heteroatoms. The Balaban J connectivity index is 2.71. The molecule has 1 unspecified atom stereocenters. The standard InChI is InChI=1S/C18H29ClN2O2Si/c1-14(16-8-10-17(19)11-9-16)12-21(22)20-15(2)13-23-24(6,7)18(3,4)5/h8-12,15H,13H2,1-7H3. The van der Waals surface area contributed by atoms with Gasteiger partial charge in [0.25, 0.3) is 0 Å². The summed E-state index contributed by atoms with van der Waals surface area (Å²) in [6, 6.07) is 7.18. The molecule has 134 valence electrons. The lowest BCUT2D eigenvalue weighted by molar-refractivity contribution is -0.461. The van der Waals surface area contributed by atoms with E-state index in [4.69, 9.17) is 16.0 Å². The van der Waals surface area contributed by atoms with Crippen molar-refractivity contribution in [2.24, 2.45) is 5.11 Å². The Kier molecular flexibility index (Phi) is 7.20. The lowest BCUT2D eigenvalue weighted by Crippen LogP contribution is -2.42. The number of hydroxylamine groups is 1. The van der Waals surface area contributed by atoms with E-state index >= 15 is 0 Å². The van der Waals surface area contributed by atoms with Gasteiger partial charge in [0, 0.05) is 10.6 Å². The van der Waals surface area contributed by atoms with Crippen LogP contribution in [0, 0.1) is 5.21 Å². The SMILES string of the molecule is CC(=C[N+]([O-])=NC(C)CO[Si](C)(C)C(C)(C)C)c1ccc(Cl)cc1. The summed E-state index contributed by atoms with van der Waals surface area (Å²) in [5, 5.41) is 17.0. The van der Waals surface area contributed by atoms with Crippen molar-refractivity contribution < 1.29 is 9.29 Å². The number of rotatable bonds is 6. The minimum Gasteiger partial charge on any atom is -0.595 e. The molecule has 0 aliphatic rings. The van der Waals surface area contributed by atoms with Crippen LogP contribution in [0.3, 0.4) is 0 Å². The summed E-state index contributed by atoms with van der Waals surface area (Å²) in [6.07, 6.45) is 1.48. The first-order valence-electron chi connectivity index (χ1n) is 8.18. The molecule has 0 fully saturated rings. The van der Waals surface area contributed by atoms with Crippen LogP contribution in [0.15, 0.2) is 35.6 Å². The molecule has 0 aliphatic heterocycles. The van der Waals surface area contributed by atoms with Gasteiger partial charge in [0.1, 0.15) is 6.04 Å². The van der Waals surface area contributed by atoms with Crippen LogP contribution in [0.4, 0.5) is 0 Å². The van der Waals surface area contributed by atoms with Crippen molar-refractivity contribution >= 4 is 25.5 Å². The monoisotopic (exact) mass is 368 g/mol. The normalized spacial score (nSPS) is 15.5. The highest BCUT2D eigenvalue weighted by Crippen LogP contribution is 2.36. The summed E-state index contributed by atoms with van der Waals surface area (Å²) in [4.78, 5) is 0.629. The maximum Gasteiger partial charge on any atom is 0.212 e. The lowest BCUT2D eigenvalue weighted by atomic mass is 10.1. The number of benzene rings is 1. The number of hydrogen-bond donors (Lipinski definition) is 0. The van der Waals surface area contributed by atoms with Gasteiger partial charge in [0.2, 0.25) is 6.20 Å². The van der Waals surface area contributed by atoms with E-state index in [1.165, 1.54) is 6.20 Å². The minimum atomic E-state index is -1.82. The minimum absolute atomic E-state index is 0.148. The van der Waals surface area contributed by atoms with Crippen LogP contribution in [-0.2, 0) is 4.43 Å². The Morgan fingerprint density at radius 3 is 2.38 bits per heavy atom. The average molecular weight is 369 g/mol. The van der Waals surface area contributed by atoms with Crippen molar-refractivity contribution in [3.8, 4) is 0 Å². The second-order valence-corrected chi connectivity index (χ2v) is 12.9. The van der Waals surface area contributed by atoms with Crippen molar-refractivity contribution in [3.05, 3.63) is 46.3 Å². The van der Waals surface area contributed by atoms with E-state index in [9.17, 15) is 5.21 Å². The number of allylic oxidation sites excluding steroid dienone is 1. The zero-order valence-electron chi connectivity index (χ0n) is 15.8. The van der Waals surface area contributed by atoms with Gasteiger partial charge in [-0.3, -0.25) is 0 Å². The summed E-state index contributed by atoms with van der Waals surface area (Å²) in [5.74, 6) is 0. The summed E-state index contributed by atoms with van der Waals surface area (Å²) in [6.45, 7) is 15.2. The van der Waals surface area contributed by atoms with E-state index in [2.05, 4.69) is 39.0 Å². The molecule has 0 aromatic heterocycles. The van der Waals surface area contributed by atoms with Crippen molar-refractivity contribution in [3.63, 3.8) is 0 Å². The Labute approximate surface area is 151 Å². The lowest BCUT2D eigenvalue weighted by Gasteiger charge is -2.36.